The monoisotopic (exact) mass is 452 g/mol. The van der Waals surface area contributed by atoms with E-state index in [0.717, 1.165) is 5.56 Å². The topological polar surface area (TPSA) is 83.7 Å². The fourth-order valence-corrected chi connectivity index (χ4v) is 5.35. The summed E-state index contributed by atoms with van der Waals surface area (Å²) in [6, 6.07) is 19.1. The number of piperazine rings is 1. The van der Waals surface area contributed by atoms with E-state index in [9.17, 15) is 12.8 Å². The SMILES string of the molecule is O=S(=O)(Cc1ccccc1)N1CCN(c2ccc3nnc(-c4ccccc4F)n3n2)CC1. The van der Waals surface area contributed by atoms with E-state index in [4.69, 9.17) is 0 Å². The number of halogens is 1. The van der Waals surface area contributed by atoms with Crippen molar-refractivity contribution in [2.75, 3.05) is 31.1 Å². The largest absolute Gasteiger partial charge is 0.353 e. The van der Waals surface area contributed by atoms with E-state index in [0.29, 0.717) is 49.0 Å². The molecule has 164 valence electrons. The number of nitrogens with zero attached hydrogens (tertiary/aromatic N) is 6. The van der Waals surface area contributed by atoms with Crippen LogP contribution in [0.3, 0.4) is 0 Å². The number of anilines is 1. The summed E-state index contributed by atoms with van der Waals surface area (Å²) in [6.45, 7) is 1.75. The Balaban J connectivity index is 1.34. The molecule has 3 heterocycles. The lowest BCUT2D eigenvalue weighted by Gasteiger charge is -2.34. The lowest BCUT2D eigenvalue weighted by molar-refractivity contribution is 0.383. The molecule has 10 heteroatoms. The van der Waals surface area contributed by atoms with Gasteiger partial charge in [0.2, 0.25) is 10.0 Å². The summed E-state index contributed by atoms with van der Waals surface area (Å²) in [4.78, 5) is 2.01. The van der Waals surface area contributed by atoms with E-state index < -0.39 is 15.8 Å². The third kappa shape index (κ3) is 3.94. The zero-order valence-electron chi connectivity index (χ0n) is 17.2. The third-order valence-corrected chi connectivity index (χ3v) is 7.36. The molecular formula is C22H21FN6O2S. The zero-order chi connectivity index (χ0) is 22.1. The van der Waals surface area contributed by atoms with Crippen molar-refractivity contribution in [1.82, 2.24) is 24.1 Å². The Kier molecular flexibility index (Phi) is 5.32. The van der Waals surface area contributed by atoms with Gasteiger partial charge in [-0.1, -0.05) is 42.5 Å². The predicted molar refractivity (Wildman–Crippen MR) is 119 cm³/mol. The molecule has 2 aromatic carbocycles. The van der Waals surface area contributed by atoms with Gasteiger partial charge in [0.05, 0.1) is 11.3 Å². The lowest BCUT2D eigenvalue weighted by Crippen LogP contribution is -2.49. The Morgan fingerprint density at radius 2 is 1.56 bits per heavy atom. The number of benzene rings is 2. The number of sulfonamides is 1. The summed E-state index contributed by atoms with van der Waals surface area (Å²) < 4.78 is 42.9. The van der Waals surface area contributed by atoms with Gasteiger partial charge in [-0.2, -0.15) is 8.82 Å². The second-order valence-corrected chi connectivity index (χ2v) is 9.56. The lowest BCUT2D eigenvalue weighted by atomic mass is 10.2. The molecule has 1 aliphatic heterocycles. The van der Waals surface area contributed by atoms with E-state index in [-0.39, 0.29) is 5.75 Å². The number of fused-ring (bicyclic) bond motifs is 1. The summed E-state index contributed by atoms with van der Waals surface area (Å²) in [5.74, 6) is 0.579. The highest BCUT2D eigenvalue weighted by atomic mass is 32.2. The van der Waals surface area contributed by atoms with Crippen LogP contribution in [-0.2, 0) is 15.8 Å². The van der Waals surface area contributed by atoms with Crippen molar-refractivity contribution in [3.63, 3.8) is 0 Å². The van der Waals surface area contributed by atoms with Crippen molar-refractivity contribution in [2.24, 2.45) is 0 Å². The van der Waals surface area contributed by atoms with Gasteiger partial charge < -0.3 is 4.90 Å². The van der Waals surface area contributed by atoms with Crippen LogP contribution in [0.25, 0.3) is 17.0 Å². The summed E-state index contributed by atoms with van der Waals surface area (Å²) in [7, 11) is -3.40. The van der Waals surface area contributed by atoms with Crippen molar-refractivity contribution in [2.45, 2.75) is 5.75 Å². The average Bonchev–Trinajstić information content (AvgIpc) is 3.23. The second kappa shape index (κ2) is 8.29. The molecule has 5 rings (SSSR count). The molecule has 0 atom stereocenters. The van der Waals surface area contributed by atoms with Crippen LogP contribution in [0, 0.1) is 5.82 Å². The van der Waals surface area contributed by atoms with Crippen LogP contribution in [0.1, 0.15) is 5.56 Å². The highest BCUT2D eigenvalue weighted by molar-refractivity contribution is 7.88. The molecule has 2 aromatic heterocycles. The first kappa shape index (κ1) is 20.5. The Morgan fingerprint density at radius 3 is 2.31 bits per heavy atom. The van der Waals surface area contributed by atoms with Crippen LogP contribution in [0.4, 0.5) is 10.2 Å². The van der Waals surface area contributed by atoms with Gasteiger partial charge in [-0.3, -0.25) is 0 Å². The predicted octanol–water partition coefficient (Wildman–Crippen LogP) is 2.58. The summed E-state index contributed by atoms with van der Waals surface area (Å²) in [6.07, 6.45) is 0. The van der Waals surface area contributed by atoms with Gasteiger partial charge in [0, 0.05) is 26.2 Å². The number of rotatable bonds is 5. The van der Waals surface area contributed by atoms with Crippen LogP contribution in [0.15, 0.2) is 66.7 Å². The highest BCUT2D eigenvalue weighted by Gasteiger charge is 2.28. The quantitative estimate of drug-likeness (QED) is 0.463. The number of hydrogen-bond acceptors (Lipinski definition) is 6. The standard InChI is InChI=1S/C22H21FN6O2S/c23-19-9-5-4-8-18(19)22-25-24-20-10-11-21(26-29(20)22)27-12-14-28(15-13-27)32(30,31)16-17-6-2-1-3-7-17/h1-11H,12-16H2. The smallest absolute Gasteiger partial charge is 0.218 e. The van der Waals surface area contributed by atoms with E-state index in [1.165, 1.54) is 14.9 Å². The van der Waals surface area contributed by atoms with Crippen molar-refractivity contribution in [3.05, 3.63) is 78.1 Å². The van der Waals surface area contributed by atoms with Gasteiger partial charge in [-0.15, -0.1) is 15.3 Å². The minimum absolute atomic E-state index is 0.00917. The van der Waals surface area contributed by atoms with E-state index in [1.807, 2.05) is 41.3 Å². The summed E-state index contributed by atoms with van der Waals surface area (Å²) in [5, 5.41) is 12.8. The molecule has 0 radical (unpaired) electrons. The first-order valence-electron chi connectivity index (χ1n) is 10.3. The molecule has 8 nitrogen and oxygen atoms in total. The van der Waals surface area contributed by atoms with Crippen LogP contribution >= 0.6 is 0 Å². The van der Waals surface area contributed by atoms with Gasteiger partial charge in [0.25, 0.3) is 0 Å². The van der Waals surface area contributed by atoms with Crippen LogP contribution in [0.5, 0.6) is 0 Å². The molecular weight excluding hydrogens is 431 g/mol. The van der Waals surface area contributed by atoms with Gasteiger partial charge >= 0.3 is 0 Å². The molecule has 0 saturated carbocycles. The minimum atomic E-state index is -3.40. The van der Waals surface area contributed by atoms with Gasteiger partial charge in [-0.05, 0) is 29.8 Å². The maximum atomic E-state index is 14.3. The fourth-order valence-electron chi connectivity index (χ4n) is 3.83. The molecule has 0 unspecified atom stereocenters. The minimum Gasteiger partial charge on any atom is -0.353 e. The normalized spacial score (nSPS) is 15.3. The van der Waals surface area contributed by atoms with Gasteiger partial charge in [0.1, 0.15) is 11.6 Å². The Hall–Kier alpha value is -3.37. The Bertz CT molecular complexity index is 1350. The molecule has 32 heavy (non-hydrogen) atoms. The molecule has 1 fully saturated rings. The summed E-state index contributed by atoms with van der Waals surface area (Å²) >= 11 is 0. The Morgan fingerprint density at radius 1 is 0.844 bits per heavy atom. The molecule has 0 N–H and O–H groups in total. The molecule has 0 bridgehead atoms. The molecule has 4 aromatic rings. The Labute approximate surface area is 185 Å². The highest BCUT2D eigenvalue weighted by Crippen LogP contribution is 2.23. The maximum Gasteiger partial charge on any atom is 0.218 e. The first-order valence-corrected chi connectivity index (χ1v) is 11.9. The number of hydrogen-bond donors (Lipinski definition) is 0. The van der Waals surface area contributed by atoms with Gasteiger partial charge in [-0.25, -0.2) is 12.8 Å². The molecule has 0 aliphatic carbocycles. The molecule has 0 spiro atoms. The van der Waals surface area contributed by atoms with Crippen molar-refractivity contribution in [1.29, 1.82) is 0 Å². The van der Waals surface area contributed by atoms with E-state index in [1.54, 1.807) is 24.3 Å². The number of aromatic nitrogens is 4. The third-order valence-electron chi connectivity index (χ3n) is 5.51. The van der Waals surface area contributed by atoms with E-state index in [2.05, 4.69) is 15.3 Å². The molecule has 1 saturated heterocycles. The van der Waals surface area contributed by atoms with E-state index >= 15 is 0 Å². The fraction of sp³-hybridized carbons (Fsp3) is 0.227. The van der Waals surface area contributed by atoms with Gasteiger partial charge in [0.15, 0.2) is 11.5 Å². The van der Waals surface area contributed by atoms with Crippen molar-refractivity contribution in [3.8, 4) is 11.4 Å². The van der Waals surface area contributed by atoms with Crippen LogP contribution in [-0.4, -0.2) is 58.7 Å². The van der Waals surface area contributed by atoms with Crippen LogP contribution < -0.4 is 4.90 Å². The first-order chi connectivity index (χ1) is 15.5. The van der Waals surface area contributed by atoms with Crippen molar-refractivity contribution >= 4 is 21.5 Å². The summed E-state index contributed by atoms with van der Waals surface area (Å²) in [5.41, 5.74) is 1.60. The second-order valence-electron chi connectivity index (χ2n) is 7.59. The van der Waals surface area contributed by atoms with Crippen molar-refractivity contribution < 1.29 is 12.8 Å². The average molecular weight is 453 g/mol. The molecule has 0 amide bonds. The van der Waals surface area contributed by atoms with Crippen LogP contribution in [0.2, 0.25) is 0 Å². The zero-order valence-corrected chi connectivity index (χ0v) is 18.0. The maximum absolute atomic E-state index is 14.3. The molecule has 1 aliphatic rings.